The molecule has 2 rings (SSSR count). The molecule has 1 heterocycles. The fraction of sp³-hybridized carbons (Fsp3) is 0.467. The lowest BCUT2D eigenvalue weighted by molar-refractivity contribution is 0.144. The molecule has 0 aliphatic carbocycles. The van der Waals surface area contributed by atoms with Crippen molar-refractivity contribution < 1.29 is 18.6 Å². The first-order valence-electron chi connectivity index (χ1n) is 7.09. The molecule has 0 unspecified atom stereocenters. The molecule has 0 aliphatic heterocycles. The molecular formula is C15H19ClFN3O3S. The largest absolute Gasteiger partial charge is 0.490 e. The number of ether oxygens (including phenoxy) is 3. The fourth-order valence-corrected chi connectivity index (χ4v) is 2.46. The molecule has 24 heavy (non-hydrogen) atoms. The molecule has 0 saturated carbocycles. The van der Waals surface area contributed by atoms with Gasteiger partial charge in [0.2, 0.25) is 0 Å². The Morgan fingerprint density at radius 3 is 2.42 bits per heavy atom. The van der Waals surface area contributed by atoms with Gasteiger partial charge in [-0.25, -0.2) is 14.4 Å². The van der Waals surface area contributed by atoms with E-state index in [1.54, 1.807) is 13.8 Å². The van der Waals surface area contributed by atoms with Crippen LogP contribution in [-0.2, 0) is 9.48 Å². The minimum absolute atomic E-state index is 0.0164. The van der Waals surface area contributed by atoms with Gasteiger partial charge >= 0.3 is 0 Å². The van der Waals surface area contributed by atoms with Gasteiger partial charge in [-0.15, -0.1) is 0 Å². The van der Waals surface area contributed by atoms with Crippen LogP contribution in [0.25, 0.3) is 10.9 Å². The van der Waals surface area contributed by atoms with Gasteiger partial charge < -0.3 is 19.9 Å². The Balaban J connectivity index is 2.76. The Labute approximate surface area is 149 Å². The molecule has 0 radical (unpaired) electrons. The summed E-state index contributed by atoms with van der Waals surface area (Å²) in [5.74, 6) is -0.562. The quantitative estimate of drug-likeness (QED) is 0.596. The second-order valence-corrected chi connectivity index (χ2v) is 7.04. The Hall–Kier alpha value is -1.51. The predicted octanol–water partition coefficient (Wildman–Crippen LogP) is 3.20. The van der Waals surface area contributed by atoms with Gasteiger partial charge in [-0.2, -0.15) is 12.6 Å². The molecule has 0 amide bonds. The monoisotopic (exact) mass is 375 g/mol. The van der Waals surface area contributed by atoms with Gasteiger partial charge in [-0.1, -0.05) is 11.6 Å². The van der Waals surface area contributed by atoms with Crippen molar-refractivity contribution in [3.8, 4) is 11.5 Å². The van der Waals surface area contributed by atoms with Gasteiger partial charge in [0.1, 0.15) is 28.8 Å². The normalized spacial score (nSPS) is 11.8. The van der Waals surface area contributed by atoms with E-state index in [-0.39, 0.29) is 39.8 Å². The van der Waals surface area contributed by atoms with Crippen molar-refractivity contribution in [2.24, 2.45) is 0 Å². The molecule has 0 aliphatic rings. The van der Waals surface area contributed by atoms with E-state index in [2.05, 4.69) is 22.6 Å². The number of hydrogen-bond acceptors (Lipinski definition) is 7. The maximum Gasteiger partial charge on any atom is 0.199 e. The van der Waals surface area contributed by atoms with E-state index in [0.717, 1.165) is 0 Å². The smallest absolute Gasteiger partial charge is 0.199 e. The van der Waals surface area contributed by atoms with E-state index >= 15 is 0 Å². The number of rotatable bonds is 6. The average molecular weight is 376 g/mol. The summed E-state index contributed by atoms with van der Waals surface area (Å²) in [6.07, 6.45) is 0. The maximum absolute atomic E-state index is 14.8. The van der Waals surface area contributed by atoms with Crippen LogP contribution in [0, 0.1) is 5.82 Å². The first-order valence-corrected chi connectivity index (χ1v) is 7.91. The van der Waals surface area contributed by atoms with Gasteiger partial charge in [-0.3, -0.25) is 0 Å². The highest BCUT2D eigenvalue weighted by molar-refractivity contribution is 7.81. The molecule has 0 saturated heterocycles. The molecule has 2 aromatic rings. The van der Waals surface area contributed by atoms with Gasteiger partial charge in [-0.05, 0) is 13.8 Å². The molecule has 0 fully saturated rings. The van der Waals surface area contributed by atoms with Crippen molar-refractivity contribution in [3.63, 3.8) is 0 Å². The Morgan fingerprint density at radius 2 is 1.88 bits per heavy atom. The van der Waals surface area contributed by atoms with Crippen LogP contribution in [-0.4, -0.2) is 37.4 Å². The predicted molar refractivity (Wildman–Crippen MR) is 94.9 cm³/mol. The summed E-state index contributed by atoms with van der Waals surface area (Å²) in [7, 11) is 2.84. The highest BCUT2D eigenvalue weighted by atomic mass is 35.5. The number of nitrogen functional groups attached to an aromatic ring is 1. The van der Waals surface area contributed by atoms with Crippen molar-refractivity contribution in [3.05, 3.63) is 16.7 Å². The molecular weight excluding hydrogens is 357 g/mol. The summed E-state index contributed by atoms with van der Waals surface area (Å²) < 4.78 is 29.7. The number of fused-ring (bicyclic) bond motifs is 1. The van der Waals surface area contributed by atoms with Gasteiger partial charge in [0, 0.05) is 7.11 Å². The van der Waals surface area contributed by atoms with E-state index < -0.39 is 10.6 Å². The summed E-state index contributed by atoms with van der Waals surface area (Å²) in [5.41, 5.74) is 6.06. The number of nitrogens with two attached hydrogens (primary N) is 1. The summed E-state index contributed by atoms with van der Waals surface area (Å²) in [6, 6.07) is 0. The molecule has 2 N–H and O–H groups in total. The molecule has 1 aromatic heterocycles. The number of thiol groups is 1. The van der Waals surface area contributed by atoms with Gasteiger partial charge in [0.05, 0.1) is 23.8 Å². The third kappa shape index (κ3) is 3.45. The van der Waals surface area contributed by atoms with E-state index in [0.29, 0.717) is 12.4 Å². The first kappa shape index (κ1) is 18.8. The van der Waals surface area contributed by atoms with Crippen LogP contribution >= 0.6 is 24.2 Å². The molecule has 1 aromatic carbocycles. The van der Waals surface area contributed by atoms with Crippen molar-refractivity contribution in [1.29, 1.82) is 0 Å². The zero-order valence-corrected chi connectivity index (χ0v) is 15.5. The Bertz CT molecular complexity index is 768. The van der Waals surface area contributed by atoms with Crippen molar-refractivity contribution in [1.82, 2.24) is 9.97 Å². The lowest BCUT2D eigenvalue weighted by atomic mass is 10.1. The Morgan fingerprint density at radius 1 is 1.21 bits per heavy atom. The lowest BCUT2D eigenvalue weighted by Gasteiger charge is -2.19. The van der Waals surface area contributed by atoms with E-state index in [1.165, 1.54) is 14.2 Å². The number of aromatic nitrogens is 2. The second-order valence-electron chi connectivity index (χ2n) is 5.55. The molecule has 6 nitrogen and oxygen atoms in total. The fourth-order valence-electron chi connectivity index (χ4n) is 2.09. The number of methoxy groups -OCH3 is 2. The van der Waals surface area contributed by atoms with Crippen LogP contribution in [0.15, 0.2) is 0 Å². The summed E-state index contributed by atoms with van der Waals surface area (Å²) in [6.45, 7) is 4.06. The van der Waals surface area contributed by atoms with E-state index in [4.69, 9.17) is 31.5 Å². The summed E-state index contributed by atoms with van der Waals surface area (Å²) in [4.78, 5) is 8.46. The number of hydrogen-bond donors (Lipinski definition) is 2. The number of benzene rings is 1. The van der Waals surface area contributed by atoms with Crippen LogP contribution in [0.2, 0.25) is 5.02 Å². The van der Waals surface area contributed by atoms with Crippen LogP contribution in [0.5, 0.6) is 11.5 Å². The van der Waals surface area contributed by atoms with Crippen molar-refractivity contribution >= 4 is 41.0 Å². The highest BCUT2D eigenvalue weighted by Gasteiger charge is 2.27. The summed E-state index contributed by atoms with van der Waals surface area (Å²) >= 11 is 10.8. The standard InChI is InChI=1S/C15H19ClFN3O3S/c1-15(2,24)14-19-10-7(13(18)20-14)9(17)12(22-4)11(8(10)16)23-6-5-21-3/h24H,5-6H2,1-4H3,(H2,18,19,20). The van der Waals surface area contributed by atoms with Crippen LogP contribution in [0.3, 0.4) is 0 Å². The average Bonchev–Trinajstić information content (AvgIpc) is 2.50. The van der Waals surface area contributed by atoms with Crippen molar-refractivity contribution in [2.75, 3.05) is 33.2 Å². The molecule has 0 atom stereocenters. The third-order valence-electron chi connectivity index (χ3n) is 3.25. The number of nitrogens with zero attached hydrogens (tertiary/aromatic N) is 2. The summed E-state index contributed by atoms with van der Waals surface area (Å²) in [5, 5.41) is 0.0737. The maximum atomic E-state index is 14.8. The third-order valence-corrected chi connectivity index (χ3v) is 3.81. The van der Waals surface area contributed by atoms with Gasteiger partial charge in [0.15, 0.2) is 17.3 Å². The molecule has 0 bridgehead atoms. The SMILES string of the molecule is COCCOc1c(OC)c(F)c2c(N)nc(C(C)(C)S)nc2c1Cl. The van der Waals surface area contributed by atoms with Crippen LogP contribution in [0.4, 0.5) is 10.2 Å². The minimum atomic E-state index is -0.731. The van der Waals surface area contributed by atoms with Gasteiger partial charge in [0.25, 0.3) is 0 Å². The van der Waals surface area contributed by atoms with E-state index in [9.17, 15) is 4.39 Å². The first-order chi connectivity index (χ1) is 11.2. The van der Waals surface area contributed by atoms with Crippen LogP contribution in [0.1, 0.15) is 19.7 Å². The molecule has 0 spiro atoms. The number of halogens is 2. The van der Waals surface area contributed by atoms with Crippen LogP contribution < -0.4 is 15.2 Å². The lowest BCUT2D eigenvalue weighted by Crippen LogP contribution is -2.15. The Kier molecular flexibility index (Phi) is 5.62. The van der Waals surface area contributed by atoms with Crippen molar-refractivity contribution in [2.45, 2.75) is 18.6 Å². The molecule has 9 heteroatoms. The second kappa shape index (κ2) is 7.16. The minimum Gasteiger partial charge on any atom is -0.490 e. The zero-order valence-electron chi connectivity index (χ0n) is 13.8. The highest BCUT2D eigenvalue weighted by Crippen LogP contribution is 2.45. The number of anilines is 1. The van der Waals surface area contributed by atoms with E-state index in [1.807, 2.05) is 0 Å². The molecule has 132 valence electrons. The topological polar surface area (TPSA) is 79.5 Å². The zero-order chi connectivity index (χ0) is 18.1.